The molecular weight excluding hydrogens is 272 g/mol. The lowest BCUT2D eigenvalue weighted by Gasteiger charge is -2.09. The van der Waals surface area contributed by atoms with E-state index in [2.05, 4.69) is 32.5 Å². The van der Waals surface area contributed by atoms with Gasteiger partial charge >= 0.3 is 0 Å². The predicted octanol–water partition coefficient (Wildman–Crippen LogP) is 2.54. The Bertz CT molecular complexity index is 717. The summed E-state index contributed by atoms with van der Waals surface area (Å²) in [5.41, 5.74) is 0.819. The van der Waals surface area contributed by atoms with Crippen LogP contribution in [-0.4, -0.2) is 25.9 Å². The molecule has 0 spiro atoms. The monoisotopic (exact) mass is 288 g/mol. The summed E-state index contributed by atoms with van der Waals surface area (Å²) in [4.78, 5) is 14.4. The molecule has 6 nitrogen and oxygen atoms in total. The van der Waals surface area contributed by atoms with Crippen LogP contribution >= 0.6 is 11.3 Å². The molecule has 0 aliphatic rings. The summed E-state index contributed by atoms with van der Waals surface area (Å²) in [6.07, 6.45) is 7.50. The van der Waals surface area contributed by atoms with Gasteiger partial charge in [-0.2, -0.15) is 0 Å². The lowest BCUT2D eigenvalue weighted by molar-refractivity contribution is 1.04. The first-order valence-electron chi connectivity index (χ1n) is 6.49. The second-order valence-electron chi connectivity index (χ2n) is 4.38. The van der Waals surface area contributed by atoms with Gasteiger partial charge in [0.05, 0.1) is 12.7 Å². The van der Waals surface area contributed by atoms with Crippen molar-refractivity contribution in [1.82, 2.24) is 19.4 Å². The minimum Gasteiger partial charge on any atom is -0.369 e. The third-order valence-corrected chi connectivity index (χ3v) is 3.72. The highest BCUT2D eigenvalue weighted by Crippen LogP contribution is 2.18. The van der Waals surface area contributed by atoms with Gasteiger partial charge in [-0.15, -0.1) is 11.3 Å². The van der Waals surface area contributed by atoms with Crippen molar-refractivity contribution in [2.75, 3.05) is 17.2 Å². The Hall–Kier alpha value is -2.15. The van der Waals surface area contributed by atoms with Crippen molar-refractivity contribution in [3.63, 3.8) is 0 Å². The minimum atomic E-state index is 0.656. The van der Waals surface area contributed by atoms with Crippen LogP contribution in [0, 0.1) is 6.92 Å². The molecule has 104 valence electrons. The normalized spacial score (nSPS) is 10.9. The number of rotatable bonds is 5. The molecule has 3 rings (SSSR count). The van der Waals surface area contributed by atoms with E-state index in [4.69, 9.17) is 0 Å². The van der Waals surface area contributed by atoms with Gasteiger partial charge in [0.2, 0.25) is 0 Å². The average molecular weight is 288 g/mol. The fraction of sp³-hybridized carbons (Fsp3) is 0.308. The Balaban J connectivity index is 1.87. The maximum atomic E-state index is 4.56. The zero-order chi connectivity index (χ0) is 13.9. The average Bonchev–Trinajstić information content (AvgIpc) is 3.05. The second-order valence-corrected chi connectivity index (χ2v) is 5.70. The molecule has 20 heavy (non-hydrogen) atoms. The molecule has 2 N–H and O–H groups in total. The van der Waals surface area contributed by atoms with Crippen molar-refractivity contribution in [3.8, 4) is 0 Å². The number of fused-ring (bicyclic) bond motifs is 1. The lowest BCUT2D eigenvalue weighted by Crippen LogP contribution is -2.07. The minimum absolute atomic E-state index is 0.656. The van der Waals surface area contributed by atoms with Crippen LogP contribution in [0.4, 0.5) is 11.6 Å². The topological polar surface area (TPSA) is 67.1 Å². The first-order valence-corrected chi connectivity index (χ1v) is 7.30. The largest absolute Gasteiger partial charge is 0.369 e. The number of nitrogens with one attached hydrogen (secondary N) is 2. The van der Waals surface area contributed by atoms with E-state index in [1.807, 2.05) is 29.9 Å². The van der Waals surface area contributed by atoms with Crippen molar-refractivity contribution in [2.45, 2.75) is 20.4 Å². The van der Waals surface area contributed by atoms with Crippen molar-refractivity contribution < 1.29 is 0 Å². The smallest absolute Gasteiger partial charge is 0.180 e. The number of hydrogen-bond donors (Lipinski definition) is 2. The van der Waals surface area contributed by atoms with E-state index in [0.29, 0.717) is 6.54 Å². The molecule has 0 radical (unpaired) electrons. The maximum Gasteiger partial charge on any atom is 0.180 e. The van der Waals surface area contributed by atoms with Crippen LogP contribution in [0.25, 0.3) is 5.65 Å². The first-order chi connectivity index (χ1) is 9.76. The van der Waals surface area contributed by atoms with E-state index in [0.717, 1.165) is 28.8 Å². The third kappa shape index (κ3) is 2.57. The van der Waals surface area contributed by atoms with Gasteiger partial charge in [-0.05, 0) is 13.8 Å². The van der Waals surface area contributed by atoms with Crippen molar-refractivity contribution >= 4 is 28.6 Å². The van der Waals surface area contributed by atoms with Crippen LogP contribution in [0.2, 0.25) is 0 Å². The van der Waals surface area contributed by atoms with Gasteiger partial charge in [0.15, 0.2) is 11.5 Å². The van der Waals surface area contributed by atoms with Crippen LogP contribution < -0.4 is 10.6 Å². The summed E-state index contributed by atoms with van der Waals surface area (Å²) in [6.45, 7) is 5.59. The molecule has 0 saturated carbocycles. The fourth-order valence-corrected chi connectivity index (χ4v) is 2.69. The molecule has 3 aromatic rings. The summed E-state index contributed by atoms with van der Waals surface area (Å²) < 4.78 is 1.96. The van der Waals surface area contributed by atoms with E-state index < -0.39 is 0 Å². The van der Waals surface area contributed by atoms with E-state index in [-0.39, 0.29) is 0 Å². The van der Waals surface area contributed by atoms with Gasteiger partial charge in [-0.1, -0.05) is 0 Å². The van der Waals surface area contributed by atoms with Gasteiger partial charge in [-0.3, -0.25) is 0 Å². The van der Waals surface area contributed by atoms with Crippen molar-refractivity contribution in [3.05, 3.63) is 34.7 Å². The van der Waals surface area contributed by atoms with Gasteiger partial charge in [0.1, 0.15) is 10.8 Å². The second kappa shape index (κ2) is 5.46. The lowest BCUT2D eigenvalue weighted by atomic mass is 10.5. The summed E-state index contributed by atoms with van der Waals surface area (Å²) in [7, 11) is 0. The Morgan fingerprint density at radius 3 is 2.95 bits per heavy atom. The molecule has 0 unspecified atom stereocenters. The van der Waals surface area contributed by atoms with Gasteiger partial charge in [0, 0.05) is 30.0 Å². The molecule has 3 heterocycles. The van der Waals surface area contributed by atoms with Crippen LogP contribution in [0.3, 0.4) is 0 Å². The fourth-order valence-electron chi connectivity index (χ4n) is 1.96. The number of thiazole rings is 1. The predicted molar refractivity (Wildman–Crippen MR) is 81.3 cm³/mol. The Morgan fingerprint density at radius 1 is 1.30 bits per heavy atom. The van der Waals surface area contributed by atoms with E-state index in [9.17, 15) is 0 Å². The first kappa shape index (κ1) is 12.9. The standard InChI is InChI=1S/C13H16N6S/c1-3-14-10-8-19-5-4-15-13(19)12(18-10)17-7-11-16-6-9(2)20-11/h4-6,8,14H,3,7H2,1-2H3,(H,17,18). The summed E-state index contributed by atoms with van der Waals surface area (Å²) >= 11 is 1.68. The highest BCUT2D eigenvalue weighted by atomic mass is 32.1. The van der Waals surface area contributed by atoms with Gasteiger partial charge in [-0.25, -0.2) is 15.0 Å². The maximum absolute atomic E-state index is 4.56. The van der Waals surface area contributed by atoms with Gasteiger partial charge < -0.3 is 15.0 Å². The SMILES string of the molecule is CCNc1cn2ccnc2c(NCc2ncc(C)s2)n1. The number of aromatic nitrogens is 4. The Kier molecular flexibility index (Phi) is 3.51. The molecule has 0 fully saturated rings. The molecule has 0 bridgehead atoms. The molecule has 0 atom stereocenters. The van der Waals surface area contributed by atoms with E-state index in [1.165, 1.54) is 4.88 Å². The molecule has 7 heteroatoms. The number of anilines is 2. The summed E-state index contributed by atoms with van der Waals surface area (Å²) in [5, 5.41) is 7.58. The van der Waals surface area contributed by atoms with Crippen molar-refractivity contribution in [2.24, 2.45) is 0 Å². The zero-order valence-electron chi connectivity index (χ0n) is 11.4. The summed E-state index contributed by atoms with van der Waals surface area (Å²) in [6, 6.07) is 0. The van der Waals surface area contributed by atoms with Crippen LogP contribution in [0.1, 0.15) is 16.8 Å². The molecule has 3 aromatic heterocycles. The zero-order valence-corrected chi connectivity index (χ0v) is 12.2. The molecule has 0 saturated heterocycles. The van der Waals surface area contributed by atoms with Crippen LogP contribution in [0.5, 0.6) is 0 Å². The third-order valence-electron chi connectivity index (χ3n) is 2.81. The summed E-state index contributed by atoms with van der Waals surface area (Å²) in [5.74, 6) is 1.59. The molecule has 0 amide bonds. The van der Waals surface area contributed by atoms with Crippen molar-refractivity contribution in [1.29, 1.82) is 0 Å². The number of nitrogens with zero attached hydrogens (tertiary/aromatic N) is 4. The van der Waals surface area contributed by atoms with Crippen LogP contribution in [-0.2, 0) is 6.54 Å². The van der Waals surface area contributed by atoms with E-state index in [1.54, 1.807) is 17.5 Å². The highest BCUT2D eigenvalue weighted by molar-refractivity contribution is 7.11. The van der Waals surface area contributed by atoms with Gasteiger partial charge in [0.25, 0.3) is 0 Å². The Morgan fingerprint density at radius 2 is 2.20 bits per heavy atom. The number of aryl methyl sites for hydroxylation is 1. The van der Waals surface area contributed by atoms with Crippen LogP contribution in [0.15, 0.2) is 24.8 Å². The molecule has 0 aliphatic heterocycles. The molecule has 0 aromatic carbocycles. The number of hydrogen-bond acceptors (Lipinski definition) is 6. The quantitative estimate of drug-likeness (QED) is 0.755. The highest BCUT2D eigenvalue weighted by Gasteiger charge is 2.08. The molecule has 0 aliphatic carbocycles. The molecular formula is C13H16N6S. The number of imidazole rings is 1. The van der Waals surface area contributed by atoms with E-state index >= 15 is 0 Å². The Labute approximate surface area is 120 Å².